The molecule has 3 N–H and O–H groups in total. The maximum atomic E-state index is 12.5. The number of fused-ring (bicyclic) bond motifs is 1. The van der Waals surface area contributed by atoms with E-state index < -0.39 is 15.6 Å². The molecule has 1 fully saturated rings. The van der Waals surface area contributed by atoms with Gasteiger partial charge in [-0.25, -0.2) is 23.1 Å². The molecule has 2 aliphatic rings. The number of nitrogens with two attached hydrogens (primary N) is 1. The zero-order chi connectivity index (χ0) is 26.9. The fourth-order valence-corrected chi connectivity index (χ4v) is 6.45. The van der Waals surface area contributed by atoms with E-state index in [2.05, 4.69) is 39.0 Å². The van der Waals surface area contributed by atoms with Crippen molar-refractivity contribution >= 4 is 27.2 Å². The number of hydrogen-bond acceptors (Lipinski definition) is 7. The van der Waals surface area contributed by atoms with Crippen molar-refractivity contribution in [2.45, 2.75) is 69.3 Å². The summed E-state index contributed by atoms with van der Waals surface area (Å²) in [6, 6.07) is 15.6. The highest BCUT2D eigenvalue weighted by Crippen LogP contribution is 2.40. The molecule has 1 aromatic heterocycles. The molecule has 2 heterocycles. The average Bonchev–Trinajstić information content (AvgIpc) is 2.89. The number of hydrogen-bond donors (Lipinski definition) is 2. The summed E-state index contributed by atoms with van der Waals surface area (Å²) in [6.45, 7) is 6.37. The Kier molecular flexibility index (Phi) is 7.24. The first-order chi connectivity index (χ1) is 18.1. The van der Waals surface area contributed by atoms with Gasteiger partial charge in [0.25, 0.3) is 0 Å². The van der Waals surface area contributed by atoms with Crippen LogP contribution >= 0.6 is 0 Å². The minimum atomic E-state index is -3.45. The van der Waals surface area contributed by atoms with Gasteiger partial charge in [-0.15, -0.1) is 0 Å². The number of aryl methyl sites for hydroxylation is 1. The van der Waals surface area contributed by atoms with E-state index in [1.54, 1.807) is 12.1 Å². The second-order valence-corrected chi connectivity index (χ2v) is 12.6. The van der Waals surface area contributed by atoms with Crippen LogP contribution in [0.4, 0.5) is 11.5 Å². The summed E-state index contributed by atoms with van der Waals surface area (Å²) >= 11 is 0. The van der Waals surface area contributed by atoms with Gasteiger partial charge in [-0.1, -0.05) is 42.0 Å². The number of nitrogen functional groups attached to an aromatic ring is 1. The quantitative estimate of drug-likeness (QED) is 0.425. The van der Waals surface area contributed by atoms with E-state index in [0.29, 0.717) is 40.7 Å². The van der Waals surface area contributed by atoms with Gasteiger partial charge in [0, 0.05) is 12.1 Å². The van der Waals surface area contributed by atoms with Gasteiger partial charge in [0.1, 0.15) is 11.9 Å². The molecule has 0 saturated heterocycles. The van der Waals surface area contributed by atoms with Crippen molar-refractivity contribution in [1.29, 1.82) is 0 Å². The molecule has 5 rings (SSSR count). The number of ether oxygens (including phenoxy) is 1. The number of aliphatic imine (C=N–C) groups is 1. The third-order valence-corrected chi connectivity index (χ3v) is 9.12. The van der Waals surface area contributed by atoms with Crippen LogP contribution in [0.5, 0.6) is 5.88 Å². The summed E-state index contributed by atoms with van der Waals surface area (Å²) in [4.78, 5) is 13.3. The smallest absolute Gasteiger partial charge is 0.246 e. The SMILES string of the molecule is Cc1ccc(S(=O)(=O)NCCC2CCC(c3ccc(C4=Nc5c(N)ncnc5OC4(C)C)cc3)CC2)cc1. The van der Waals surface area contributed by atoms with E-state index in [-0.39, 0.29) is 0 Å². The van der Waals surface area contributed by atoms with Gasteiger partial charge in [0.15, 0.2) is 11.5 Å². The van der Waals surface area contributed by atoms with Gasteiger partial charge in [0.05, 0.1) is 10.6 Å². The third-order valence-electron chi connectivity index (χ3n) is 7.64. The Bertz CT molecular complexity index is 1430. The molecule has 38 heavy (non-hydrogen) atoms. The number of aromatic nitrogens is 2. The summed E-state index contributed by atoms with van der Waals surface area (Å²) in [5.41, 5.74) is 10.0. The van der Waals surface area contributed by atoms with Gasteiger partial charge in [-0.05, 0) is 82.4 Å². The minimum Gasteiger partial charge on any atom is -0.463 e. The normalized spacial score (nSPS) is 20.8. The molecule has 8 nitrogen and oxygen atoms in total. The molecule has 0 atom stereocenters. The molecule has 1 aliphatic heterocycles. The lowest BCUT2D eigenvalue weighted by Gasteiger charge is -2.32. The molecular formula is C29H35N5O3S. The predicted octanol–water partition coefficient (Wildman–Crippen LogP) is 5.30. The molecule has 0 unspecified atom stereocenters. The van der Waals surface area contributed by atoms with Crippen LogP contribution in [-0.4, -0.2) is 36.2 Å². The Morgan fingerprint density at radius 1 is 1.00 bits per heavy atom. The predicted molar refractivity (Wildman–Crippen MR) is 149 cm³/mol. The maximum Gasteiger partial charge on any atom is 0.246 e. The van der Waals surface area contributed by atoms with Crippen LogP contribution in [0.3, 0.4) is 0 Å². The highest BCUT2D eigenvalue weighted by molar-refractivity contribution is 7.89. The fourth-order valence-electron chi connectivity index (χ4n) is 5.40. The summed E-state index contributed by atoms with van der Waals surface area (Å²) < 4.78 is 34.0. The standard InChI is InChI=1S/C29H35N5O3S/c1-19-4-14-24(15-5-19)38(35,36)33-17-16-20-6-8-21(9-7-20)22-10-12-23(13-11-22)26-29(2,3)37-28-25(34-26)27(30)31-18-32-28/h4-5,10-15,18,20-21,33H,6-9,16-17H2,1-3H3,(H2,30,31,32). The Morgan fingerprint density at radius 2 is 1.68 bits per heavy atom. The molecule has 3 aromatic rings. The summed E-state index contributed by atoms with van der Waals surface area (Å²) in [6.07, 6.45) is 6.65. The zero-order valence-corrected chi connectivity index (χ0v) is 23.0. The third kappa shape index (κ3) is 5.59. The van der Waals surface area contributed by atoms with Crippen molar-refractivity contribution in [3.05, 3.63) is 71.5 Å². The number of benzene rings is 2. The molecule has 1 saturated carbocycles. The van der Waals surface area contributed by atoms with E-state index in [1.165, 1.54) is 11.9 Å². The molecule has 1 aliphatic carbocycles. The van der Waals surface area contributed by atoms with E-state index in [9.17, 15) is 8.42 Å². The molecule has 200 valence electrons. The molecule has 0 spiro atoms. The summed E-state index contributed by atoms with van der Waals surface area (Å²) in [5.74, 6) is 1.75. The summed E-state index contributed by atoms with van der Waals surface area (Å²) in [5, 5.41) is 0. The van der Waals surface area contributed by atoms with Gasteiger partial charge < -0.3 is 10.5 Å². The molecule has 0 bridgehead atoms. The van der Waals surface area contributed by atoms with E-state index in [0.717, 1.165) is 48.9 Å². The Labute approximate surface area is 224 Å². The van der Waals surface area contributed by atoms with Crippen molar-refractivity contribution in [3.8, 4) is 5.88 Å². The van der Waals surface area contributed by atoms with Crippen LogP contribution in [0.2, 0.25) is 0 Å². The highest BCUT2D eigenvalue weighted by Gasteiger charge is 2.35. The van der Waals surface area contributed by atoms with Gasteiger partial charge >= 0.3 is 0 Å². The van der Waals surface area contributed by atoms with Crippen molar-refractivity contribution in [3.63, 3.8) is 0 Å². The number of anilines is 1. The first-order valence-corrected chi connectivity index (χ1v) is 14.7. The zero-order valence-electron chi connectivity index (χ0n) is 22.1. The van der Waals surface area contributed by atoms with Crippen LogP contribution in [0.1, 0.15) is 68.6 Å². The van der Waals surface area contributed by atoms with Crippen LogP contribution < -0.4 is 15.2 Å². The van der Waals surface area contributed by atoms with Crippen LogP contribution in [0.15, 0.2) is 64.7 Å². The molecule has 2 aromatic carbocycles. The van der Waals surface area contributed by atoms with Crippen molar-refractivity contribution in [1.82, 2.24) is 14.7 Å². The Balaban J connectivity index is 1.17. The van der Waals surface area contributed by atoms with E-state index in [1.807, 2.05) is 32.9 Å². The fraction of sp³-hybridized carbons (Fsp3) is 0.414. The number of sulfonamides is 1. The van der Waals surface area contributed by atoms with Crippen molar-refractivity contribution in [2.24, 2.45) is 10.9 Å². The monoisotopic (exact) mass is 533 g/mol. The second kappa shape index (κ2) is 10.5. The van der Waals surface area contributed by atoms with Crippen molar-refractivity contribution in [2.75, 3.05) is 12.3 Å². The maximum absolute atomic E-state index is 12.5. The first kappa shape index (κ1) is 26.3. The lowest BCUT2D eigenvalue weighted by atomic mass is 9.77. The van der Waals surface area contributed by atoms with E-state index in [4.69, 9.17) is 15.5 Å². The molecule has 9 heteroatoms. The second-order valence-electron chi connectivity index (χ2n) is 10.8. The minimum absolute atomic E-state index is 0.305. The average molecular weight is 534 g/mol. The van der Waals surface area contributed by atoms with Crippen LogP contribution in [0, 0.1) is 12.8 Å². The number of nitrogens with zero attached hydrogens (tertiary/aromatic N) is 3. The Hall–Kier alpha value is -3.30. The van der Waals surface area contributed by atoms with Gasteiger partial charge in [-0.3, -0.25) is 0 Å². The Morgan fingerprint density at radius 3 is 2.37 bits per heavy atom. The lowest BCUT2D eigenvalue weighted by Crippen LogP contribution is -2.41. The summed E-state index contributed by atoms with van der Waals surface area (Å²) in [7, 11) is -3.45. The van der Waals surface area contributed by atoms with Crippen molar-refractivity contribution < 1.29 is 13.2 Å². The van der Waals surface area contributed by atoms with Crippen LogP contribution in [-0.2, 0) is 10.0 Å². The topological polar surface area (TPSA) is 120 Å². The largest absolute Gasteiger partial charge is 0.463 e. The lowest BCUT2D eigenvalue weighted by molar-refractivity contribution is 0.171. The first-order valence-electron chi connectivity index (χ1n) is 13.2. The van der Waals surface area contributed by atoms with Crippen LogP contribution in [0.25, 0.3) is 0 Å². The molecule has 0 radical (unpaired) electrons. The number of rotatable bonds is 7. The van der Waals surface area contributed by atoms with Gasteiger partial charge in [0.2, 0.25) is 15.9 Å². The molecule has 0 amide bonds. The number of nitrogens with one attached hydrogen (secondary N) is 1. The van der Waals surface area contributed by atoms with E-state index >= 15 is 0 Å². The molecular weight excluding hydrogens is 498 g/mol. The highest BCUT2D eigenvalue weighted by atomic mass is 32.2. The van der Waals surface area contributed by atoms with Gasteiger partial charge in [-0.2, -0.15) is 4.98 Å².